The van der Waals surface area contributed by atoms with Gasteiger partial charge in [-0.05, 0) is 24.6 Å². The average molecular weight is 541 g/mol. The first-order chi connectivity index (χ1) is 18.1. The van der Waals surface area contributed by atoms with Gasteiger partial charge in [-0.1, -0.05) is 12.1 Å². The lowest BCUT2D eigenvalue weighted by molar-refractivity contribution is -0.327. The van der Waals surface area contributed by atoms with E-state index in [0.29, 0.717) is 11.1 Å². The molecule has 6 N–H and O–H groups in total. The summed E-state index contributed by atoms with van der Waals surface area (Å²) in [5, 5.41) is 58.8. The Morgan fingerprint density at radius 1 is 1.08 bits per heavy atom. The van der Waals surface area contributed by atoms with Crippen molar-refractivity contribution >= 4 is 11.9 Å². The fourth-order valence-electron chi connectivity index (χ4n) is 4.16. The predicted octanol–water partition coefficient (Wildman–Crippen LogP) is -0.634. The second-order valence-corrected chi connectivity index (χ2v) is 8.71. The molecule has 2 heterocycles. The molecule has 0 aliphatic carbocycles. The molecule has 13 nitrogen and oxygen atoms in total. The summed E-state index contributed by atoms with van der Waals surface area (Å²) in [6, 6.07) is 4.23. The van der Waals surface area contributed by atoms with Gasteiger partial charge in [-0.25, -0.2) is 4.79 Å². The lowest BCUT2D eigenvalue weighted by Gasteiger charge is -2.41. The molecular formula is C25H32O13. The number of methoxy groups -OCH3 is 1. The van der Waals surface area contributed by atoms with Crippen LogP contribution < -0.4 is 0 Å². The molecule has 0 amide bonds. The van der Waals surface area contributed by atoms with Crippen molar-refractivity contribution < 1.29 is 63.9 Å². The molecule has 0 radical (unpaired) electrons. The van der Waals surface area contributed by atoms with Crippen LogP contribution in [0.25, 0.3) is 0 Å². The highest BCUT2D eigenvalue weighted by Gasteiger charge is 2.46. The summed E-state index contributed by atoms with van der Waals surface area (Å²) >= 11 is 0. The minimum absolute atomic E-state index is 0.00894. The average Bonchev–Trinajstić information content (AvgIpc) is 2.90. The van der Waals surface area contributed by atoms with Gasteiger partial charge < -0.3 is 54.3 Å². The lowest BCUT2D eigenvalue weighted by Crippen LogP contribution is -2.60. The van der Waals surface area contributed by atoms with Gasteiger partial charge >= 0.3 is 11.9 Å². The summed E-state index contributed by atoms with van der Waals surface area (Å²) in [6.07, 6.45) is -6.39. The van der Waals surface area contributed by atoms with Crippen molar-refractivity contribution in [2.24, 2.45) is 5.92 Å². The van der Waals surface area contributed by atoms with Crippen LogP contribution in [0.3, 0.4) is 0 Å². The molecule has 1 saturated heterocycles. The van der Waals surface area contributed by atoms with E-state index in [1.807, 2.05) is 0 Å². The third kappa shape index (κ3) is 6.62. The highest BCUT2D eigenvalue weighted by molar-refractivity contribution is 5.90. The quantitative estimate of drug-likeness (QED) is 0.131. The molecule has 1 aromatic carbocycles. The molecule has 210 valence electrons. The van der Waals surface area contributed by atoms with E-state index in [9.17, 15) is 40.2 Å². The van der Waals surface area contributed by atoms with Crippen molar-refractivity contribution in [1.29, 1.82) is 0 Å². The van der Waals surface area contributed by atoms with E-state index in [-0.39, 0.29) is 36.5 Å². The van der Waals surface area contributed by atoms with Crippen LogP contribution in [0.1, 0.15) is 18.9 Å². The standard InChI is InChI=1S/C25H32O13/c1-3-13-14(9-19(29)35-7-6-12-4-5-16(27)17(28)8-12)15(23(33)34-2)11-36-24(13)38-25-22(32)21(31)20(30)18(10-26)37-25/h3-5,8,11,14,18,20-22,24-28,30-32H,6-7,9-10H2,1-2H3/b13-3+/t14-,18+,20+,21-,22+,24-,25+/m0/s1. The second kappa shape index (κ2) is 13.0. The number of esters is 2. The number of rotatable bonds is 9. The summed E-state index contributed by atoms with van der Waals surface area (Å²) < 4.78 is 26.7. The van der Waals surface area contributed by atoms with E-state index in [1.54, 1.807) is 19.1 Å². The van der Waals surface area contributed by atoms with Gasteiger partial charge in [-0.2, -0.15) is 0 Å². The molecule has 2 aliphatic rings. The Morgan fingerprint density at radius 3 is 2.45 bits per heavy atom. The molecule has 1 aromatic rings. The fraction of sp³-hybridized carbons (Fsp3) is 0.520. The van der Waals surface area contributed by atoms with Crippen LogP contribution in [0.15, 0.2) is 41.7 Å². The molecule has 0 aromatic heterocycles. The minimum Gasteiger partial charge on any atom is -0.504 e. The Balaban J connectivity index is 1.71. The molecule has 13 heteroatoms. The number of phenols is 2. The van der Waals surface area contributed by atoms with E-state index < -0.39 is 61.5 Å². The van der Waals surface area contributed by atoms with E-state index in [0.717, 1.165) is 13.4 Å². The number of carbonyl (C=O) groups excluding carboxylic acids is 2. The number of aliphatic hydroxyl groups excluding tert-OH is 4. The van der Waals surface area contributed by atoms with Crippen LogP contribution >= 0.6 is 0 Å². The Kier molecular flexibility index (Phi) is 10.1. The van der Waals surface area contributed by atoms with Gasteiger partial charge in [0.1, 0.15) is 24.4 Å². The van der Waals surface area contributed by atoms with Crippen LogP contribution in [0.2, 0.25) is 0 Å². The number of aliphatic hydroxyl groups is 4. The zero-order valence-corrected chi connectivity index (χ0v) is 20.8. The van der Waals surface area contributed by atoms with Crippen molar-refractivity contribution in [3.05, 3.63) is 47.2 Å². The molecule has 2 aliphatic heterocycles. The third-order valence-electron chi connectivity index (χ3n) is 6.29. The van der Waals surface area contributed by atoms with Gasteiger partial charge in [0.2, 0.25) is 6.29 Å². The van der Waals surface area contributed by atoms with Crippen molar-refractivity contribution in [3.8, 4) is 11.5 Å². The monoisotopic (exact) mass is 540 g/mol. The van der Waals surface area contributed by atoms with Crippen molar-refractivity contribution in [1.82, 2.24) is 0 Å². The van der Waals surface area contributed by atoms with Gasteiger partial charge in [0.25, 0.3) is 0 Å². The summed E-state index contributed by atoms with van der Waals surface area (Å²) in [4.78, 5) is 25.1. The molecule has 0 unspecified atom stereocenters. The Labute approximate surface area is 218 Å². The van der Waals surface area contributed by atoms with Gasteiger partial charge in [-0.15, -0.1) is 0 Å². The summed E-state index contributed by atoms with van der Waals surface area (Å²) in [6.45, 7) is 0.912. The van der Waals surface area contributed by atoms with E-state index in [4.69, 9.17) is 23.7 Å². The first-order valence-electron chi connectivity index (χ1n) is 11.8. The molecule has 1 fully saturated rings. The third-order valence-corrected chi connectivity index (χ3v) is 6.29. The van der Waals surface area contributed by atoms with Crippen LogP contribution in [-0.2, 0) is 39.7 Å². The molecule has 38 heavy (non-hydrogen) atoms. The summed E-state index contributed by atoms with van der Waals surface area (Å²) in [5.41, 5.74) is 0.927. The van der Waals surface area contributed by atoms with Crippen molar-refractivity contribution in [3.63, 3.8) is 0 Å². The molecule has 0 saturated carbocycles. The number of phenolic OH excluding ortho intramolecular Hbond substituents is 2. The highest BCUT2D eigenvalue weighted by atomic mass is 16.8. The Hall–Kier alpha value is -3.20. The van der Waals surface area contributed by atoms with Gasteiger partial charge in [0.15, 0.2) is 17.8 Å². The largest absolute Gasteiger partial charge is 0.504 e. The number of hydrogen-bond acceptors (Lipinski definition) is 13. The smallest absolute Gasteiger partial charge is 0.337 e. The van der Waals surface area contributed by atoms with E-state index >= 15 is 0 Å². The molecule has 3 rings (SSSR count). The molecule has 0 bridgehead atoms. The van der Waals surface area contributed by atoms with Gasteiger partial charge in [-0.3, -0.25) is 4.79 Å². The maximum absolute atomic E-state index is 12.7. The van der Waals surface area contributed by atoms with Crippen LogP contribution in [-0.4, -0.2) is 99.9 Å². The number of hydrogen-bond donors (Lipinski definition) is 6. The number of carbonyl (C=O) groups is 2. The summed E-state index contributed by atoms with van der Waals surface area (Å²) in [5.74, 6) is -2.89. The normalized spacial score (nSPS) is 30.3. The molecular weight excluding hydrogens is 508 g/mol. The minimum atomic E-state index is -1.69. The zero-order chi connectivity index (χ0) is 28.0. The van der Waals surface area contributed by atoms with E-state index in [2.05, 4.69) is 0 Å². The van der Waals surface area contributed by atoms with Gasteiger partial charge in [0, 0.05) is 17.9 Å². The Morgan fingerprint density at radius 2 is 1.82 bits per heavy atom. The number of benzene rings is 1. The lowest BCUT2D eigenvalue weighted by atomic mass is 9.86. The fourth-order valence-corrected chi connectivity index (χ4v) is 4.16. The van der Waals surface area contributed by atoms with Gasteiger partial charge in [0.05, 0.1) is 38.6 Å². The van der Waals surface area contributed by atoms with E-state index in [1.165, 1.54) is 12.1 Å². The maximum Gasteiger partial charge on any atom is 0.337 e. The Bertz CT molecular complexity index is 1050. The highest BCUT2D eigenvalue weighted by Crippen LogP contribution is 2.36. The first-order valence-corrected chi connectivity index (χ1v) is 11.8. The molecule has 7 atom stereocenters. The topological polar surface area (TPSA) is 202 Å². The molecule has 0 spiro atoms. The second-order valence-electron chi connectivity index (χ2n) is 8.71. The summed E-state index contributed by atoms with van der Waals surface area (Å²) in [7, 11) is 1.16. The zero-order valence-electron chi connectivity index (χ0n) is 20.8. The number of aromatic hydroxyl groups is 2. The maximum atomic E-state index is 12.7. The van der Waals surface area contributed by atoms with Crippen molar-refractivity contribution in [2.75, 3.05) is 20.3 Å². The SMILES string of the molecule is C/C=C1/[C@H](O[C@H]2O[C@H](CO)[C@@H](O)[C@H](O)[C@H]2O)OC=C(C(=O)OC)[C@H]1CC(=O)OCCc1ccc(O)c(O)c1. The van der Waals surface area contributed by atoms with Crippen molar-refractivity contribution in [2.45, 2.75) is 56.8 Å². The first kappa shape index (κ1) is 29.4. The van der Waals surface area contributed by atoms with Crippen LogP contribution in [0, 0.1) is 5.92 Å². The predicted molar refractivity (Wildman–Crippen MR) is 126 cm³/mol. The number of ether oxygens (including phenoxy) is 5. The number of allylic oxidation sites excluding steroid dienone is 1. The van der Waals surface area contributed by atoms with Crippen LogP contribution in [0.4, 0.5) is 0 Å². The van der Waals surface area contributed by atoms with Crippen LogP contribution in [0.5, 0.6) is 11.5 Å².